The molecule has 0 amide bonds. The SMILES string of the molecule is Nc1csc(Cc2cccnc2)n1. The van der Waals surface area contributed by atoms with Gasteiger partial charge >= 0.3 is 0 Å². The molecule has 0 atom stereocenters. The smallest absolute Gasteiger partial charge is 0.134 e. The predicted octanol–water partition coefficient (Wildman–Crippen LogP) is 1.71. The molecular formula is C9H9N3S. The molecule has 0 bridgehead atoms. The van der Waals surface area contributed by atoms with E-state index in [4.69, 9.17) is 5.73 Å². The second kappa shape index (κ2) is 3.53. The first-order valence-corrected chi connectivity index (χ1v) is 4.81. The minimum absolute atomic E-state index is 0.601. The summed E-state index contributed by atoms with van der Waals surface area (Å²) in [5.74, 6) is 0.601. The average molecular weight is 191 g/mol. The molecule has 0 unspecified atom stereocenters. The highest BCUT2D eigenvalue weighted by Gasteiger charge is 1.99. The maximum absolute atomic E-state index is 5.52. The molecule has 2 heterocycles. The van der Waals surface area contributed by atoms with Crippen LogP contribution in [0, 0.1) is 0 Å². The van der Waals surface area contributed by atoms with E-state index in [0.717, 1.165) is 17.0 Å². The third kappa shape index (κ3) is 2.03. The van der Waals surface area contributed by atoms with Gasteiger partial charge in [-0.2, -0.15) is 0 Å². The van der Waals surface area contributed by atoms with Crippen LogP contribution in [0.25, 0.3) is 0 Å². The van der Waals surface area contributed by atoms with Gasteiger partial charge in [0.1, 0.15) is 5.82 Å². The number of nitrogen functional groups attached to an aromatic ring is 1. The van der Waals surface area contributed by atoms with Gasteiger partial charge in [-0.3, -0.25) is 4.98 Å². The average Bonchev–Trinajstić information content (AvgIpc) is 2.53. The molecule has 0 aliphatic carbocycles. The van der Waals surface area contributed by atoms with Crippen LogP contribution < -0.4 is 5.73 Å². The second-order valence-corrected chi connectivity index (χ2v) is 3.65. The van der Waals surface area contributed by atoms with Gasteiger partial charge in [0, 0.05) is 24.2 Å². The third-order valence-corrected chi connectivity index (χ3v) is 2.51. The first kappa shape index (κ1) is 8.19. The fourth-order valence-electron chi connectivity index (χ4n) is 1.08. The number of nitrogens with zero attached hydrogens (tertiary/aromatic N) is 2. The number of thiazole rings is 1. The summed E-state index contributed by atoms with van der Waals surface area (Å²) in [5.41, 5.74) is 6.68. The Morgan fingerprint density at radius 1 is 1.46 bits per heavy atom. The van der Waals surface area contributed by atoms with Crippen molar-refractivity contribution < 1.29 is 0 Å². The molecule has 0 fully saturated rings. The molecular weight excluding hydrogens is 182 g/mol. The summed E-state index contributed by atoms with van der Waals surface area (Å²) < 4.78 is 0. The molecule has 0 aliphatic heterocycles. The number of hydrogen-bond donors (Lipinski definition) is 1. The van der Waals surface area contributed by atoms with Gasteiger partial charge in [-0.1, -0.05) is 6.07 Å². The normalized spacial score (nSPS) is 10.2. The topological polar surface area (TPSA) is 51.8 Å². The largest absolute Gasteiger partial charge is 0.383 e. The van der Waals surface area contributed by atoms with Crippen LogP contribution in [0.3, 0.4) is 0 Å². The number of anilines is 1. The maximum Gasteiger partial charge on any atom is 0.134 e. The number of hydrogen-bond acceptors (Lipinski definition) is 4. The Morgan fingerprint density at radius 2 is 2.38 bits per heavy atom. The summed E-state index contributed by atoms with van der Waals surface area (Å²) in [6.07, 6.45) is 4.42. The van der Waals surface area contributed by atoms with E-state index >= 15 is 0 Å². The minimum Gasteiger partial charge on any atom is -0.383 e. The molecule has 0 aliphatic rings. The number of aromatic nitrogens is 2. The molecule has 2 N–H and O–H groups in total. The van der Waals surface area contributed by atoms with Gasteiger partial charge < -0.3 is 5.73 Å². The standard InChI is InChI=1S/C9H9N3S/c10-8-6-13-9(12-8)4-7-2-1-3-11-5-7/h1-3,5-6H,4,10H2. The molecule has 13 heavy (non-hydrogen) atoms. The zero-order valence-electron chi connectivity index (χ0n) is 6.97. The fraction of sp³-hybridized carbons (Fsp3) is 0.111. The Bertz CT molecular complexity index is 383. The lowest BCUT2D eigenvalue weighted by Gasteiger charge is -1.94. The molecule has 2 rings (SSSR count). The monoisotopic (exact) mass is 191 g/mol. The lowest BCUT2D eigenvalue weighted by Crippen LogP contribution is -1.89. The highest BCUT2D eigenvalue weighted by Crippen LogP contribution is 2.14. The Balaban J connectivity index is 2.15. The van der Waals surface area contributed by atoms with Crippen LogP contribution in [0.5, 0.6) is 0 Å². The fourth-order valence-corrected chi connectivity index (χ4v) is 1.80. The molecule has 3 nitrogen and oxygen atoms in total. The summed E-state index contributed by atoms with van der Waals surface area (Å²) in [6.45, 7) is 0. The minimum atomic E-state index is 0.601. The van der Waals surface area contributed by atoms with E-state index in [1.807, 2.05) is 23.7 Å². The van der Waals surface area contributed by atoms with E-state index in [2.05, 4.69) is 9.97 Å². The van der Waals surface area contributed by atoms with Crippen molar-refractivity contribution in [1.82, 2.24) is 9.97 Å². The van der Waals surface area contributed by atoms with Gasteiger partial charge in [0.15, 0.2) is 0 Å². The molecule has 66 valence electrons. The van der Waals surface area contributed by atoms with Crippen LogP contribution in [0.15, 0.2) is 29.9 Å². The highest BCUT2D eigenvalue weighted by molar-refractivity contribution is 7.10. The first-order chi connectivity index (χ1) is 6.34. The zero-order valence-corrected chi connectivity index (χ0v) is 7.79. The van der Waals surface area contributed by atoms with E-state index in [1.54, 1.807) is 17.5 Å². The first-order valence-electron chi connectivity index (χ1n) is 3.93. The van der Waals surface area contributed by atoms with Gasteiger partial charge in [-0.05, 0) is 11.6 Å². The molecule has 0 spiro atoms. The molecule has 0 radical (unpaired) electrons. The lowest BCUT2D eigenvalue weighted by atomic mass is 10.2. The predicted molar refractivity (Wildman–Crippen MR) is 53.6 cm³/mol. The van der Waals surface area contributed by atoms with Crippen molar-refractivity contribution in [2.45, 2.75) is 6.42 Å². The summed E-state index contributed by atoms with van der Waals surface area (Å²) >= 11 is 1.58. The van der Waals surface area contributed by atoms with E-state index in [0.29, 0.717) is 5.82 Å². The Labute approximate surface area is 80.3 Å². The van der Waals surface area contributed by atoms with Gasteiger partial charge in [-0.25, -0.2) is 4.98 Å². The Kier molecular flexibility index (Phi) is 2.23. The quantitative estimate of drug-likeness (QED) is 0.786. The van der Waals surface area contributed by atoms with Crippen molar-refractivity contribution in [2.24, 2.45) is 0 Å². The van der Waals surface area contributed by atoms with Crippen molar-refractivity contribution in [3.63, 3.8) is 0 Å². The molecule has 2 aromatic heterocycles. The second-order valence-electron chi connectivity index (χ2n) is 2.70. The molecule has 0 saturated heterocycles. The third-order valence-electron chi connectivity index (χ3n) is 1.65. The molecule has 4 heteroatoms. The van der Waals surface area contributed by atoms with Crippen molar-refractivity contribution in [1.29, 1.82) is 0 Å². The maximum atomic E-state index is 5.52. The van der Waals surface area contributed by atoms with Gasteiger partial charge in [-0.15, -0.1) is 11.3 Å². The number of pyridine rings is 1. The van der Waals surface area contributed by atoms with Gasteiger partial charge in [0.05, 0.1) is 5.01 Å². The molecule has 0 saturated carbocycles. The Hall–Kier alpha value is -1.42. The highest BCUT2D eigenvalue weighted by atomic mass is 32.1. The summed E-state index contributed by atoms with van der Waals surface area (Å²) in [6, 6.07) is 3.96. The van der Waals surface area contributed by atoms with Crippen molar-refractivity contribution in [3.8, 4) is 0 Å². The van der Waals surface area contributed by atoms with E-state index in [1.165, 1.54) is 0 Å². The van der Waals surface area contributed by atoms with Crippen molar-refractivity contribution in [2.75, 3.05) is 5.73 Å². The number of nitrogens with two attached hydrogens (primary N) is 1. The van der Waals surface area contributed by atoms with Gasteiger partial charge in [0.2, 0.25) is 0 Å². The Morgan fingerprint density at radius 3 is 3.00 bits per heavy atom. The molecule has 0 aromatic carbocycles. The van der Waals surface area contributed by atoms with E-state index < -0.39 is 0 Å². The van der Waals surface area contributed by atoms with Gasteiger partial charge in [0.25, 0.3) is 0 Å². The summed E-state index contributed by atoms with van der Waals surface area (Å²) in [7, 11) is 0. The molecule has 2 aromatic rings. The number of rotatable bonds is 2. The van der Waals surface area contributed by atoms with Crippen molar-refractivity contribution in [3.05, 3.63) is 40.5 Å². The van der Waals surface area contributed by atoms with Crippen LogP contribution >= 0.6 is 11.3 Å². The van der Waals surface area contributed by atoms with Crippen molar-refractivity contribution >= 4 is 17.2 Å². The van der Waals surface area contributed by atoms with Crippen LogP contribution in [0.1, 0.15) is 10.6 Å². The van der Waals surface area contributed by atoms with E-state index in [9.17, 15) is 0 Å². The summed E-state index contributed by atoms with van der Waals surface area (Å²) in [5, 5.41) is 2.89. The van der Waals surface area contributed by atoms with Crippen LogP contribution in [0.2, 0.25) is 0 Å². The van der Waals surface area contributed by atoms with E-state index in [-0.39, 0.29) is 0 Å². The lowest BCUT2D eigenvalue weighted by molar-refractivity contribution is 1.11. The van der Waals surface area contributed by atoms with Crippen LogP contribution in [-0.2, 0) is 6.42 Å². The van der Waals surface area contributed by atoms with Crippen LogP contribution in [-0.4, -0.2) is 9.97 Å². The van der Waals surface area contributed by atoms with Crippen LogP contribution in [0.4, 0.5) is 5.82 Å². The summed E-state index contributed by atoms with van der Waals surface area (Å²) in [4.78, 5) is 8.21. The zero-order chi connectivity index (χ0) is 9.10.